The van der Waals surface area contributed by atoms with Crippen LogP contribution in [0.1, 0.15) is 91.1 Å². The number of benzene rings is 2. The number of fused-ring (bicyclic) bond motifs is 5. The Kier molecular flexibility index (Phi) is 4.95. The third-order valence-corrected chi connectivity index (χ3v) is 10.0. The van der Waals surface area contributed by atoms with E-state index in [1.807, 2.05) is 30.3 Å². The van der Waals surface area contributed by atoms with E-state index in [0.29, 0.717) is 24.1 Å². The van der Waals surface area contributed by atoms with Crippen LogP contribution in [0.15, 0.2) is 30.3 Å². The summed E-state index contributed by atoms with van der Waals surface area (Å²) in [5, 5.41) is 22.2. The van der Waals surface area contributed by atoms with Gasteiger partial charge in [-0.05, 0) is 43.1 Å². The van der Waals surface area contributed by atoms with E-state index in [0.717, 1.165) is 31.2 Å². The second-order valence-corrected chi connectivity index (χ2v) is 12.4. The van der Waals surface area contributed by atoms with E-state index in [1.165, 1.54) is 0 Å². The Morgan fingerprint density at radius 1 is 0.972 bits per heavy atom. The van der Waals surface area contributed by atoms with Gasteiger partial charge in [-0.1, -0.05) is 57.5 Å². The lowest BCUT2D eigenvalue weighted by Gasteiger charge is -2.50. The molecule has 2 aliphatic carbocycles. The SMILES string of the molecule is CC1(C)[C@H]2[C@H]1CCC[C@@]1(C)O[C@@H]1C[C@]1(C)[C@@H](c3ccccc3)c3c(O)c(C=O)c(O)c(C=O)c3O[C@@H]21. The van der Waals surface area contributed by atoms with E-state index >= 15 is 0 Å². The van der Waals surface area contributed by atoms with E-state index in [-0.39, 0.29) is 57.7 Å². The minimum Gasteiger partial charge on any atom is -0.507 e. The van der Waals surface area contributed by atoms with Gasteiger partial charge in [-0.3, -0.25) is 9.59 Å². The lowest BCUT2D eigenvalue weighted by molar-refractivity contribution is -0.0131. The molecule has 2 aliphatic heterocycles. The molecule has 3 fully saturated rings. The first kappa shape index (κ1) is 23.5. The third kappa shape index (κ3) is 3.06. The number of carbonyl (C=O) groups excluding carboxylic acids is 2. The molecule has 0 unspecified atom stereocenters. The molecule has 190 valence electrons. The Morgan fingerprint density at radius 2 is 1.67 bits per heavy atom. The predicted octanol–water partition coefficient (Wildman–Crippen LogP) is 5.63. The van der Waals surface area contributed by atoms with E-state index in [1.54, 1.807) is 0 Å². The maximum absolute atomic E-state index is 12.2. The number of rotatable bonds is 3. The average Bonchev–Trinajstić information content (AvgIpc) is 3.65. The Balaban J connectivity index is 1.64. The largest absolute Gasteiger partial charge is 0.507 e. The van der Waals surface area contributed by atoms with Crippen molar-refractivity contribution < 1.29 is 29.3 Å². The van der Waals surface area contributed by atoms with Crippen LogP contribution in [0, 0.1) is 22.7 Å². The van der Waals surface area contributed by atoms with E-state index < -0.39 is 11.2 Å². The number of phenolic OH excluding ortho intramolecular Hbond substituents is 2. The normalized spacial score (nSPS) is 37.7. The van der Waals surface area contributed by atoms with Gasteiger partial charge in [0.15, 0.2) is 12.6 Å². The zero-order chi connectivity index (χ0) is 25.6. The molecule has 0 bridgehead atoms. The molecule has 6 rings (SSSR count). The van der Waals surface area contributed by atoms with Crippen molar-refractivity contribution >= 4 is 12.6 Å². The number of epoxide rings is 1. The Labute approximate surface area is 211 Å². The van der Waals surface area contributed by atoms with Crippen molar-refractivity contribution in [3.8, 4) is 17.2 Å². The number of hydrogen-bond acceptors (Lipinski definition) is 6. The number of carbonyl (C=O) groups is 2. The Morgan fingerprint density at radius 3 is 2.33 bits per heavy atom. The van der Waals surface area contributed by atoms with Gasteiger partial charge in [-0.25, -0.2) is 0 Å². The fraction of sp³-hybridized carbons (Fsp3) is 0.533. The highest BCUT2D eigenvalue weighted by atomic mass is 16.6. The van der Waals surface area contributed by atoms with Crippen LogP contribution in [-0.4, -0.2) is 40.6 Å². The van der Waals surface area contributed by atoms with Gasteiger partial charge in [0.25, 0.3) is 0 Å². The van der Waals surface area contributed by atoms with Crippen molar-refractivity contribution in [1.29, 1.82) is 0 Å². The zero-order valence-corrected chi connectivity index (χ0v) is 21.3. The van der Waals surface area contributed by atoms with Gasteiger partial charge in [-0.15, -0.1) is 0 Å². The lowest BCUT2D eigenvalue weighted by Crippen LogP contribution is -2.49. The molecule has 0 spiro atoms. The molecule has 2 saturated carbocycles. The second-order valence-electron chi connectivity index (χ2n) is 12.4. The molecular weight excluding hydrogens is 456 g/mol. The average molecular weight is 491 g/mol. The summed E-state index contributed by atoms with van der Waals surface area (Å²) < 4.78 is 13.1. The number of phenols is 2. The Bertz CT molecular complexity index is 1250. The smallest absolute Gasteiger partial charge is 0.157 e. The summed E-state index contributed by atoms with van der Waals surface area (Å²) in [6, 6.07) is 9.92. The van der Waals surface area contributed by atoms with Gasteiger partial charge in [-0.2, -0.15) is 0 Å². The molecule has 6 nitrogen and oxygen atoms in total. The number of hydrogen-bond donors (Lipinski definition) is 2. The van der Waals surface area contributed by atoms with Crippen LogP contribution in [-0.2, 0) is 4.74 Å². The molecule has 2 aromatic carbocycles. The molecule has 0 amide bonds. The maximum atomic E-state index is 12.2. The second kappa shape index (κ2) is 7.58. The highest BCUT2D eigenvalue weighted by Gasteiger charge is 2.70. The van der Waals surface area contributed by atoms with Gasteiger partial charge in [0.1, 0.15) is 23.4 Å². The molecule has 6 heteroatoms. The van der Waals surface area contributed by atoms with Crippen molar-refractivity contribution in [2.24, 2.45) is 22.7 Å². The van der Waals surface area contributed by atoms with Crippen LogP contribution >= 0.6 is 0 Å². The third-order valence-electron chi connectivity index (χ3n) is 10.0. The minimum atomic E-state index is -0.531. The fourth-order valence-corrected chi connectivity index (χ4v) is 7.82. The molecule has 0 radical (unpaired) electrons. The first-order valence-corrected chi connectivity index (χ1v) is 13.0. The molecule has 7 atom stereocenters. The van der Waals surface area contributed by atoms with Crippen LogP contribution < -0.4 is 4.74 Å². The van der Waals surface area contributed by atoms with Crippen LogP contribution in [0.3, 0.4) is 0 Å². The molecular formula is C30H34O6. The van der Waals surface area contributed by atoms with Gasteiger partial charge < -0.3 is 19.7 Å². The Hall–Kier alpha value is -2.86. The summed E-state index contributed by atoms with van der Waals surface area (Å²) in [6.45, 7) is 8.98. The van der Waals surface area contributed by atoms with Crippen molar-refractivity contribution in [2.45, 2.75) is 77.1 Å². The molecule has 0 aromatic heterocycles. The fourth-order valence-electron chi connectivity index (χ4n) is 7.82. The first-order chi connectivity index (χ1) is 17.1. The van der Waals surface area contributed by atoms with Crippen LogP contribution in [0.4, 0.5) is 0 Å². The predicted molar refractivity (Wildman–Crippen MR) is 134 cm³/mol. The molecule has 2 heterocycles. The van der Waals surface area contributed by atoms with Crippen molar-refractivity contribution in [2.75, 3.05) is 0 Å². The number of ether oxygens (including phenoxy) is 2. The van der Waals surface area contributed by atoms with Crippen molar-refractivity contribution in [3.05, 3.63) is 52.6 Å². The van der Waals surface area contributed by atoms with E-state index in [9.17, 15) is 19.8 Å². The first-order valence-electron chi connectivity index (χ1n) is 13.0. The molecule has 2 aromatic rings. The van der Waals surface area contributed by atoms with Crippen molar-refractivity contribution in [1.82, 2.24) is 0 Å². The van der Waals surface area contributed by atoms with Gasteiger partial charge in [0.05, 0.1) is 22.8 Å². The molecule has 4 aliphatic rings. The van der Waals surface area contributed by atoms with Gasteiger partial charge in [0.2, 0.25) is 0 Å². The highest BCUT2D eigenvalue weighted by Crippen LogP contribution is 2.71. The molecule has 1 saturated heterocycles. The summed E-state index contributed by atoms with van der Waals surface area (Å²) in [4.78, 5) is 24.2. The summed E-state index contributed by atoms with van der Waals surface area (Å²) in [5.41, 5.74) is 0.413. The number of aromatic hydroxyl groups is 2. The minimum absolute atomic E-state index is 0.0646. The van der Waals surface area contributed by atoms with Crippen molar-refractivity contribution in [3.63, 3.8) is 0 Å². The van der Waals surface area contributed by atoms with Gasteiger partial charge >= 0.3 is 0 Å². The lowest BCUT2D eigenvalue weighted by atomic mass is 9.60. The number of aldehydes is 2. The zero-order valence-electron chi connectivity index (χ0n) is 21.3. The van der Waals surface area contributed by atoms with Crippen LogP contribution in [0.5, 0.6) is 17.2 Å². The summed E-state index contributed by atoms with van der Waals surface area (Å²) in [7, 11) is 0. The monoisotopic (exact) mass is 490 g/mol. The molecule has 36 heavy (non-hydrogen) atoms. The van der Waals surface area contributed by atoms with E-state index in [2.05, 4.69) is 27.7 Å². The topological polar surface area (TPSA) is 96.4 Å². The maximum Gasteiger partial charge on any atom is 0.157 e. The van der Waals surface area contributed by atoms with Crippen LogP contribution in [0.2, 0.25) is 0 Å². The van der Waals surface area contributed by atoms with E-state index in [4.69, 9.17) is 9.47 Å². The quantitative estimate of drug-likeness (QED) is 0.428. The standard InChI is InChI=1S/C30H34O6/c1-28(2)19-11-8-12-30(4)20(36-30)13-29(3)22(16-9-6-5-7-10-16)21-25(34)17(14-31)24(33)18(15-32)26(21)35-27(29)23(19)28/h5-7,9-10,14-15,19-20,22-23,27,33-34H,8,11-13H2,1-4H3/t19-,20-,22+,23+,27+,29-,30-/m1/s1. The van der Waals surface area contributed by atoms with Gasteiger partial charge in [0, 0.05) is 22.8 Å². The van der Waals surface area contributed by atoms with Crippen LogP contribution in [0.25, 0.3) is 0 Å². The highest BCUT2D eigenvalue weighted by molar-refractivity contribution is 5.95. The molecule has 2 N–H and O–H groups in total. The summed E-state index contributed by atoms with van der Waals surface area (Å²) >= 11 is 0. The summed E-state index contributed by atoms with van der Waals surface area (Å²) in [6.07, 6.45) is 4.67. The summed E-state index contributed by atoms with van der Waals surface area (Å²) in [5.74, 6) is -0.305.